The van der Waals surface area contributed by atoms with Crippen LogP contribution >= 0.6 is 0 Å². The number of allylic oxidation sites excluding steroid dienone is 5. The van der Waals surface area contributed by atoms with Crippen LogP contribution in [0.2, 0.25) is 0 Å². The van der Waals surface area contributed by atoms with Gasteiger partial charge in [-0.1, -0.05) is 224 Å². The van der Waals surface area contributed by atoms with Gasteiger partial charge in [-0.2, -0.15) is 0 Å². The molecular formula is C51H95NO5. The van der Waals surface area contributed by atoms with Gasteiger partial charge in [0.15, 0.2) is 0 Å². The number of unbranched alkanes of at least 4 members (excludes halogenated alkanes) is 30. The zero-order valence-electron chi connectivity index (χ0n) is 37.8. The Morgan fingerprint density at radius 3 is 1.37 bits per heavy atom. The van der Waals surface area contributed by atoms with Crippen LogP contribution in [-0.2, 0) is 14.3 Å². The van der Waals surface area contributed by atoms with Gasteiger partial charge < -0.3 is 20.3 Å². The lowest BCUT2D eigenvalue weighted by molar-refractivity contribution is -0.143. The highest BCUT2D eigenvalue weighted by Crippen LogP contribution is 2.15. The molecule has 0 aromatic heterocycles. The fourth-order valence-electron chi connectivity index (χ4n) is 7.33. The van der Waals surface area contributed by atoms with Gasteiger partial charge in [0.25, 0.3) is 0 Å². The fraction of sp³-hybridized carbons (Fsp3) is 0.843. The summed E-state index contributed by atoms with van der Waals surface area (Å²) in [4.78, 5) is 24.4. The highest BCUT2D eigenvalue weighted by Gasteiger charge is 2.17. The largest absolute Gasteiger partial charge is 0.466 e. The average Bonchev–Trinajstić information content (AvgIpc) is 3.21. The summed E-state index contributed by atoms with van der Waals surface area (Å²) in [6.45, 7) is 4.81. The lowest BCUT2D eigenvalue weighted by Crippen LogP contribution is -2.45. The molecule has 0 spiro atoms. The van der Waals surface area contributed by atoms with E-state index in [1.54, 1.807) is 6.08 Å². The van der Waals surface area contributed by atoms with Crippen molar-refractivity contribution in [3.05, 3.63) is 36.5 Å². The molecule has 0 aromatic carbocycles. The molecule has 334 valence electrons. The molecule has 0 aliphatic rings. The number of hydrogen-bond donors (Lipinski definition) is 3. The van der Waals surface area contributed by atoms with Gasteiger partial charge in [0.1, 0.15) is 0 Å². The van der Waals surface area contributed by atoms with E-state index >= 15 is 0 Å². The summed E-state index contributed by atoms with van der Waals surface area (Å²) in [6.07, 6.45) is 55.9. The zero-order chi connectivity index (χ0) is 41.5. The van der Waals surface area contributed by atoms with Crippen molar-refractivity contribution < 1.29 is 24.5 Å². The molecule has 0 rings (SSSR count). The summed E-state index contributed by atoms with van der Waals surface area (Å²) in [7, 11) is 0. The summed E-state index contributed by atoms with van der Waals surface area (Å²) < 4.78 is 5.46. The summed E-state index contributed by atoms with van der Waals surface area (Å²) in [5.74, 6) is -0.167. The van der Waals surface area contributed by atoms with Crippen molar-refractivity contribution in [2.24, 2.45) is 0 Å². The third kappa shape index (κ3) is 43.5. The predicted octanol–water partition coefficient (Wildman–Crippen LogP) is 14.5. The summed E-state index contributed by atoms with van der Waals surface area (Å²) in [6, 6.07) is -0.669. The number of amides is 1. The maximum absolute atomic E-state index is 12.3. The first kappa shape index (κ1) is 55.1. The maximum atomic E-state index is 12.3. The number of carbonyl (C=O) groups is 2. The Morgan fingerprint density at radius 2 is 0.895 bits per heavy atom. The minimum Gasteiger partial charge on any atom is -0.466 e. The summed E-state index contributed by atoms with van der Waals surface area (Å²) in [5, 5.41) is 22.8. The summed E-state index contributed by atoms with van der Waals surface area (Å²) >= 11 is 0. The Labute approximate surface area is 353 Å². The van der Waals surface area contributed by atoms with E-state index in [4.69, 9.17) is 4.74 Å². The van der Waals surface area contributed by atoms with Gasteiger partial charge >= 0.3 is 5.97 Å². The number of ether oxygens (including phenoxy) is 1. The molecule has 0 saturated heterocycles. The third-order valence-electron chi connectivity index (χ3n) is 11.2. The second kappa shape index (κ2) is 46.8. The van der Waals surface area contributed by atoms with E-state index in [1.807, 2.05) is 12.2 Å². The molecule has 6 heteroatoms. The quantitative estimate of drug-likeness (QED) is 0.0324. The van der Waals surface area contributed by atoms with E-state index in [-0.39, 0.29) is 18.5 Å². The standard InChI is InChI=1S/C51H95NO5/c1-3-5-7-9-11-13-15-16-17-18-19-22-25-29-33-37-41-45-51(56)57-46-42-38-34-30-26-23-20-21-24-28-32-36-40-44-50(55)52-48(47-53)49(54)43-39-35-31-27-14-12-10-8-6-4-2/h21,24,32,36,39,43,48-49,53-54H,3-20,22-23,25-31,33-35,37-38,40-42,44-47H2,1-2H3,(H,52,55)/b24-21-,36-32-,43-39+. The normalized spacial score (nSPS) is 13.0. The van der Waals surface area contributed by atoms with E-state index < -0.39 is 12.1 Å². The molecule has 3 N–H and O–H groups in total. The first-order valence-electron chi connectivity index (χ1n) is 24.8. The number of aliphatic hydroxyl groups excluding tert-OH is 2. The van der Waals surface area contributed by atoms with Crippen LogP contribution in [0.15, 0.2) is 36.5 Å². The summed E-state index contributed by atoms with van der Waals surface area (Å²) in [5.41, 5.74) is 0. The molecule has 0 fully saturated rings. The van der Waals surface area contributed by atoms with Crippen LogP contribution in [0.25, 0.3) is 0 Å². The number of esters is 1. The Bertz CT molecular complexity index is 931. The van der Waals surface area contributed by atoms with Gasteiger partial charge in [-0.05, 0) is 51.4 Å². The molecule has 0 radical (unpaired) electrons. The lowest BCUT2D eigenvalue weighted by Gasteiger charge is -2.19. The molecule has 0 aliphatic carbocycles. The second-order valence-electron chi connectivity index (χ2n) is 16.8. The molecule has 0 heterocycles. The van der Waals surface area contributed by atoms with Crippen LogP contribution in [0.4, 0.5) is 0 Å². The van der Waals surface area contributed by atoms with E-state index in [2.05, 4.69) is 37.4 Å². The number of rotatable bonds is 45. The van der Waals surface area contributed by atoms with Crippen molar-refractivity contribution in [2.75, 3.05) is 13.2 Å². The van der Waals surface area contributed by atoms with Gasteiger partial charge in [0.05, 0.1) is 25.4 Å². The van der Waals surface area contributed by atoms with Crippen molar-refractivity contribution in [3.8, 4) is 0 Å². The van der Waals surface area contributed by atoms with Gasteiger partial charge in [0.2, 0.25) is 5.91 Å². The molecule has 0 bridgehead atoms. The van der Waals surface area contributed by atoms with Crippen molar-refractivity contribution >= 4 is 11.9 Å². The molecule has 2 unspecified atom stereocenters. The highest BCUT2D eigenvalue weighted by molar-refractivity contribution is 5.76. The number of nitrogens with one attached hydrogen (secondary N) is 1. The molecular weight excluding hydrogens is 707 g/mol. The lowest BCUT2D eigenvalue weighted by atomic mass is 10.0. The Hall–Kier alpha value is -1.92. The molecule has 0 saturated carbocycles. The monoisotopic (exact) mass is 802 g/mol. The molecule has 57 heavy (non-hydrogen) atoms. The van der Waals surface area contributed by atoms with Gasteiger partial charge in [-0.3, -0.25) is 9.59 Å². The minimum absolute atomic E-state index is 0.0156. The first-order valence-corrected chi connectivity index (χ1v) is 24.8. The SMILES string of the molecule is CCCCCCCCCC/C=C/C(O)C(CO)NC(=O)CC/C=C\C/C=C\CCCCCCCCOC(=O)CCCCCCCCCCCCCCCCCCC. The van der Waals surface area contributed by atoms with Crippen LogP contribution in [0, 0.1) is 0 Å². The maximum Gasteiger partial charge on any atom is 0.305 e. The molecule has 1 amide bonds. The van der Waals surface area contributed by atoms with Crippen molar-refractivity contribution in [2.45, 2.75) is 264 Å². The fourth-order valence-corrected chi connectivity index (χ4v) is 7.33. The van der Waals surface area contributed by atoms with Crippen molar-refractivity contribution in [3.63, 3.8) is 0 Å². The molecule has 0 aliphatic heterocycles. The van der Waals surface area contributed by atoms with Crippen molar-refractivity contribution in [1.29, 1.82) is 0 Å². The Morgan fingerprint density at radius 1 is 0.491 bits per heavy atom. The Balaban J connectivity index is 3.53. The molecule has 6 nitrogen and oxygen atoms in total. The first-order chi connectivity index (χ1) is 28.0. The number of carbonyl (C=O) groups excluding carboxylic acids is 2. The topological polar surface area (TPSA) is 95.9 Å². The second-order valence-corrected chi connectivity index (χ2v) is 16.8. The molecule has 0 aromatic rings. The molecule has 2 atom stereocenters. The van der Waals surface area contributed by atoms with E-state index in [0.717, 1.165) is 51.4 Å². The highest BCUT2D eigenvalue weighted by atomic mass is 16.5. The van der Waals surface area contributed by atoms with Crippen LogP contribution in [-0.4, -0.2) is 47.4 Å². The Kier molecular flexibility index (Phi) is 45.2. The van der Waals surface area contributed by atoms with Crippen LogP contribution in [0.3, 0.4) is 0 Å². The predicted molar refractivity (Wildman–Crippen MR) is 246 cm³/mol. The third-order valence-corrected chi connectivity index (χ3v) is 11.2. The van der Waals surface area contributed by atoms with E-state index in [0.29, 0.717) is 25.9 Å². The van der Waals surface area contributed by atoms with Gasteiger partial charge in [0, 0.05) is 12.8 Å². The van der Waals surface area contributed by atoms with Gasteiger partial charge in [-0.25, -0.2) is 0 Å². The number of hydrogen-bond acceptors (Lipinski definition) is 5. The smallest absolute Gasteiger partial charge is 0.305 e. The van der Waals surface area contributed by atoms with Crippen LogP contribution < -0.4 is 5.32 Å². The van der Waals surface area contributed by atoms with E-state index in [1.165, 1.54) is 167 Å². The van der Waals surface area contributed by atoms with Crippen molar-refractivity contribution in [1.82, 2.24) is 5.32 Å². The zero-order valence-corrected chi connectivity index (χ0v) is 37.8. The van der Waals surface area contributed by atoms with Gasteiger partial charge in [-0.15, -0.1) is 0 Å². The van der Waals surface area contributed by atoms with Crippen LogP contribution in [0.5, 0.6) is 0 Å². The van der Waals surface area contributed by atoms with Crippen LogP contribution in [0.1, 0.15) is 251 Å². The van der Waals surface area contributed by atoms with E-state index in [9.17, 15) is 19.8 Å². The number of aliphatic hydroxyl groups is 2. The minimum atomic E-state index is -0.877. The average molecular weight is 802 g/mol.